The Labute approximate surface area is 161 Å². The number of carbonyl (C=O) groups is 1. The molecule has 1 rings (SSSR count). The van der Waals surface area contributed by atoms with E-state index >= 15 is 0 Å². The summed E-state index contributed by atoms with van der Waals surface area (Å²) in [6, 6.07) is 6.91. The van der Waals surface area contributed by atoms with E-state index in [2.05, 4.69) is 29.1 Å². The third-order valence-corrected chi connectivity index (χ3v) is 4.66. The summed E-state index contributed by atoms with van der Waals surface area (Å²) in [5, 5.41) is 5.55. The van der Waals surface area contributed by atoms with Crippen molar-refractivity contribution in [1.82, 2.24) is 5.32 Å². The number of amides is 2. The predicted octanol–water partition coefficient (Wildman–Crippen LogP) is 2.09. The minimum atomic E-state index is -3.91. The summed E-state index contributed by atoms with van der Waals surface area (Å²) in [6.45, 7) is 5.45. The van der Waals surface area contributed by atoms with Crippen LogP contribution in [0, 0.1) is 11.8 Å². The third-order valence-electron chi connectivity index (χ3n) is 3.85. The zero-order chi connectivity index (χ0) is 20.3. The number of urea groups is 1. The van der Waals surface area contributed by atoms with Crippen LogP contribution in [0.5, 0.6) is 0 Å². The smallest absolute Gasteiger partial charge is 0.319 e. The monoisotopic (exact) mass is 394 g/mol. The molecule has 0 bridgehead atoms. The molecule has 3 N–H and O–H groups in total. The topological polar surface area (TPSA) is 95.5 Å². The van der Waals surface area contributed by atoms with Crippen molar-refractivity contribution in [3.63, 3.8) is 0 Å². The van der Waals surface area contributed by atoms with E-state index in [0.717, 1.165) is 18.5 Å². The summed E-state index contributed by atoms with van der Waals surface area (Å²) in [5.41, 5.74) is 1.52. The zero-order valence-corrected chi connectivity index (χ0v) is 16.7. The number of nitrogens with one attached hydrogen (secondary N) is 2. The lowest BCUT2D eigenvalue weighted by atomic mass is 10.2. The number of hydrogen-bond donors (Lipinski definition) is 3. The molecule has 2 amide bonds. The Hall–Kier alpha value is -2.34. The molecule has 0 unspecified atom stereocenters. The van der Waals surface area contributed by atoms with Gasteiger partial charge in [0.05, 0.1) is 32.9 Å². The molecule has 8 heteroatoms. The Morgan fingerprint density at radius 3 is 2.44 bits per heavy atom. The highest BCUT2D eigenvalue weighted by molar-refractivity contribution is 7.85. The van der Waals surface area contributed by atoms with Gasteiger partial charge in [0.2, 0.25) is 0 Å². The fourth-order valence-corrected chi connectivity index (χ4v) is 2.94. The molecule has 7 nitrogen and oxygen atoms in total. The van der Waals surface area contributed by atoms with E-state index in [1.165, 1.54) is 6.08 Å². The second-order valence-electron chi connectivity index (χ2n) is 6.81. The van der Waals surface area contributed by atoms with Crippen molar-refractivity contribution in [3.05, 3.63) is 42.5 Å². The second-order valence-corrected chi connectivity index (χ2v) is 8.38. The number of hydrogen-bond acceptors (Lipinski definition) is 3. The first kappa shape index (κ1) is 22.7. The van der Waals surface area contributed by atoms with Gasteiger partial charge in [-0.15, -0.1) is 0 Å². The molecule has 0 aliphatic carbocycles. The molecule has 0 aliphatic rings. The van der Waals surface area contributed by atoms with Gasteiger partial charge in [-0.25, -0.2) is 4.79 Å². The molecule has 0 aliphatic heterocycles. The van der Waals surface area contributed by atoms with Crippen LogP contribution < -0.4 is 10.6 Å². The number of quaternary nitrogens is 1. The van der Waals surface area contributed by atoms with Gasteiger partial charge in [0.1, 0.15) is 0 Å². The summed E-state index contributed by atoms with van der Waals surface area (Å²) >= 11 is 0. The van der Waals surface area contributed by atoms with Gasteiger partial charge >= 0.3 is 6.03 Å². The number of nitrogens with zero attached hydrogens (tertiary/aromatic N) is 1. The Morgan fingerprint density at radius 2 is 1.85 bits per heavy atom. The minimum absolute atomic E-state index is 0.229. The highest BCUT2D eigenvalue weighted by atomic mass is 32.2. The van der Waals surface area contributed by atoms with Crippen molar-refractivity contribution >= 4 is 21.8 Å². The van der Waals surface area contributed by atoms with Crippen LogP contribution in [0.4, 0.5) is 10.5 Å². The first-order valence-corrected chi connectivity index (χ1v) is 10.3. The van der Waals surface area contributed by atoms with Crippen molar-refractivity contribution in [1.29, 1.82) is 0 Å². The van der Waals surface area contributed by atoms with E-state index in [4.69, 9.17) is 4.55 Å². The van der Waals surface area contributed by atoms with Crippen LogP contribution in [0.25, 0.3) is 0 Å². The van der Waals surface area contributed by atoms with E-state index < -0.39 is 10.1 Å². The van der Waals surface area contributed by atoms with Crippen molar-refractivity contribution in [2.24, 2.45) is 0 Å². The summed E-state index contributed by atoms with van der Waals surface area (Å²) < 4.78 is 30.9. The Balaban J connectivity index is 2.29. The van der Waals surface area contributed by atoms with Crippen molar-refractivity contribution in [2.45, 2.75) is 12.8 Å². The molecule has 0 heterocycles. The van der Waals surface area contributed by atoms with Crippen molar-refractivity contribution < 1.29 is 22.2 Å². The van der Waals surface area contributed by atoms with Crippen LogP contribution in [0.15, 0.2) is 36.9 Å². The predicted molar refractivity (Wildman–Crippen MR) is 108 cm³/mol. The highest BCUT2D eigenvalue weighted by Crippen LogP contribution is 2.08. The van der Waals surface area contributed by atoms with Gasteiger partial charge in [-0.2, -0.15) is 8.42 Å². The first-order valence-electron chi connectivity index (χ1n) is 8.66. The number of allylic oxidation sites excluding steroid dienone is 1. The minimum Gasteiger partial charge on any atom is -0.338 e. The quantitative estimate of drug-likeness (QED) is 0.259. The van der Waals surface area contributed by atoms with E-state index in [1.54, 1.807) is 12.1 Å². The van der Waals surface area contributed by atoms with Crippen LogP contribution in [0.1, 0.15) is 18.4 Å². The molecule has 0 radical (unpaired) electrons. The maximum atomic E-state index is 11.9. The summed E-state index contributed by atoms with van der Waals surface area (Å²) in [7, 11) is 0.0667. The molecule has 0 atom stereocenters. The largest absolute Gasteiger partial charge is 0.338 e. The van der Waals surface area contributed by atoms with Gasteiger partial charge in [-0.05, 0) is 30.3 Å². The van der Waals surface area contributed by atoms with Crippen LogP contribution in [-0.4, -0.2) is 63.0 Å². The zero-order valence-electron chi connectivity index (χ0n) is 15.9. The fourth-order valence-electron chi connectivity index (χ4n) is 2.44. The average molecular weight is 395 g/mol. The fraction of sp³-hybridized carbons (Fsp3) is 0.421. The summed E-state index contributed by atoms with van der Waals surface area (Å²) in [5.74, 6) is 5.44. The maximum Gasteiger partial charge on any atom is 0.319 e. The van der Waals surface area contributed by atoms with Gasteiger partial charge < -0.3 is 15.1 Å². The molecular weight excluding hydrogens is 366 g/mol. The second kappa shape index (κ2) is 10.7. The normalized spacial score (nSPS) is 11.2. The molecular formula is C19H28N3O4S+. The molecule has 0 aromatic heterocycles. The molecule has 0 saturated heterocycles. The van der Waals surface area contributed by atoms with Crippen LogP contribution in [-0.2, 0) is 10.1 Å². The maximum absolute atomic E-state index is 11.9. The Morgan fingerprint density at radius 1 is 1.22 bits per heavy atom. The van der Waals surface area contributed by atoms with Crippen molar-refractivity contribution in [3.8, 4) is 11.8 Å². The van der Waals surface area contributed by atoms with Crippen LogP contribution in [0.2, 0.25) is 0 Å². The molecule has 27 heavy (non-hydrogen) atoms. The standard InChI is InChI=1S/C19H27N3O4S/c1-4-5-8-17-9-11-18(12-10-17)21-19(23)20-13-6-14-22(2,3)15-7-16-27(24,25)26/h4,9-12H,1,6-7,13-16H2,2-3H3,(H2-,20,21,23,24,25,26)/p+1. The van der Waals surface area contributed by atoms with Gasteiger partial charge in [-0.3, -0.25) is 4.55 Å². The number of benzene rings is 1. The van der Waals surface area contributed by atoms with E-state index in [0.29, 0.717) is 29.7 Å². The summed E-state index contributed by atoms with van der Waals surface area (Å²) in [4.78, 5) is 11.9. The molecule has 0 saturated carbocycles. The molecule has 1 aromatic carbocycles. The number of carbonyl (C=O) groups excluding carboxylic acids is 1. The highest BCUT2D eigenvalue weighted by Gasteiger charge is 2.16. The SMILES string of the molecule is C=CC#Cc1ccc(NC(=O)NCCC[N+](C)(C)CCCS(=O)(=O)O)cc1. The van der Waals surface area contributed by atoms with Crippen molar-refractivity contribution in [2.75, 3.05) is 44.8 Å². The lowest BCUT2D eigenvalue weighted by Crippen LogP contribution is -2.43. The van der Waals surface area contributed by atoms with Crippen LogP contribution in [0.3, 0.4) is 0 Å². The number of rotatable bonds is 9. The Kier molecular flexibility index (Phi) is 9.02. The third kappa shape index (κ3) is 11.1. The molecule has 0 spiro atoms. The average Bonchev–Trinajstić information content (AvgIpc) is 2.57. The lowest BCUT2D eigenvalue weighted by molar-refractivity contribution is -0.890. The van der Waals surface area contributed by atoms with Gasteiger partial charge in [0, 0.05) is 30.6 Å². The van der Waals surface area contributed by atoms with E-state index in [-0.39, 0.29) is 11.8 Å². The van der Waals surface area contributed by atoms with Gasteiger partial charge in [0.15, 0.2) is 0 Å². The van der Waals surface area contributed by atoms with Gasteiger partial charge in [0.25, 0.3) is 10.1 Å². The van der Waals surface area contributed by atoms with E-state index in [1.807, 2.05) is 26.2 Å². The summed E-state index contributed by atoms with van der Waals surface area (Å²) in [6.07, 6.45) is 2.67. The lowest BCUT2D eigenvalue weighted by Gasteiger charge is -2.29. The first-order chi connectivity index (χ1) is 12.6. The molecule has 1 aromatic rings. The number of anilines is 1. The molecule has 148 valence electrons. The Bertz CT molecular complexity index is 790. The van der Waals surface area contributed by atoms with Gasteiger partial charge in [-0.1, -0.05) is 18.4 Å². The molecule has 0 fully saturated rings. The van der Waals surface area contributed by atoms with Crippen LogP contribution >= 0.6 is 0 Å². The van der Waals surface area contributed by atoms with E-state index in [9.17, 15) is 13.2 Å².